The lowest BCUT2D eigenvalue weighted by Gasteiger charge is -2.30. The van der Waals surface area contributed by atoms with Crippen LogP contribution in [0, 0.1) is 5.92 Å². The van der Waals surface area contributed by atoms with Crippen LogP contribution >= 0.6 is 0 Å². The Balaban J connectivity index is 1.28. The van der Waals surface area contributed by atoms with E-state index in [4.69, 9.17) is 38.4 Å². The van der Waals surface area contributed by atoms with Crippen molar-refractivity contribution in [2.45, 2.75) is 84.0 Å². The van der Waals surface area contributed by atoms with Gasteiger partial charge in [0.15, 0.2) is 0 Å². The summed E-state index contributed by atoms with van der Waals surface area (Å²) < 4.78 is 33.8. The lowest BCUT2D eigenvalue weighted by atomic mass is 9.98. The van der Waals surface area contributed by atoms with Crippen LogP contribution in [0.3, 0.4) is 0 Å². The highest BCUT2D eigenvalue weighted by molar-refractivity contribution is 5.86. The highest BCUT2D eigenvalue weighted by Crippen LogP contribution is 2.42. The first-order valence-corrected chi connectivity index (χ1v) is 20.6. The van der Waals surface area contributed by atoms with Crippen molar-refractivity contribution < 1.29 is 42.8 Å². The monoisotopic (exact) mass is 829 g/mol. The molecule has 0 bridgehead atoms. The van der Waals surface area contributed by atoms with E-state index < -0.39 is 17.7 Å². The molecule has 3 amide bonds. The fourth-order valence-corrected chi connectivity index (χ4v) is 7.62. The number of hydrogen-bond acceptors (Lipinski definition) is 11. The van der Waals surface area contributed by atoms with Crippen LogP contribution in [-0.4, -0.2) is 120 Å². The summed E-state index contributed by atoms with van der Waals surface area (Å²) in [5.41, 5.74) is 4.26. The summed E-state index contributed by atoms with van der Waals surface area (Å²) in [5.74, 6) is 2.30. The summed E-state index contributed by atoms with van der Waals surface area (Å²) in [5, 5.41) is 2.70. The highest BCUT2D eigenvalue weighted by Gasteiger charge is 2.38. The molecule has 3 unspecified atom stereocenters. The Labute approximate surface area is 351 Å². The molecule has 4 aromatic rings. The van der Waals surface area contributed by atoms with E-state index in [1.165, 1.54) is 7.11 Å². The summed E-state index contributed by atoms with van der Waals surface area (Å²) in [6.45, 7) is 11.9. The molecule has 2 aliphatic heterocycles. The van der Waals surface area contributed by atoms with Gasteiger partial charge in [-0.25, -0.2) is 19.6 Å². The van der Waals surface area contributed by atoms with Gasteiger partial charge in [-0.3, -0.25) is 9.69 Å². The topological polar surface area (TPSA) is 182 Å². The number of H-pyrrole nitrogens is 2. The van der Waals surface area contributed by atoms with Gasteiger partial charge in [-0.05, 0) is 76.6 Å². The number of hydrogen-bond donors (Lipinski definition) is 3. The van der Waals surface area contributed by atoms with Crippen molar-refractivity contribution in [3.63, 3.8) is 0 Å². The number of imidazole rings is 2. The van der Waals surface area contributed by atoms with Gasteiger partial charge in [0.1, 0.15) is 48.0 Å². The molecule has 0 spiro atoms. The summed E-state index contributed by atoms with van der Waals surface area (Å²) in [7, 11) is 4.54. The molecule has 0 saturated carbocycles. The molecule has 2 saturated heterocycles. The summed E-state index contributed by atoms with van der Waals surface area (Å²) >= 11 is 0. The number of benzene rings is 2. The zero-order valence-corrected chi connectivity index (χ0v) is 36.0. The van der Waals surface area contributed by atoms with Crippen molar-refractivity contribution in [3.05, 3.63) is 60.4 Å². The molecule has 2 aliphatic rings. The molecule has 16 nitrogen and oxygen atoms in total. The van der Waals surface area contributed by atoms with Crippen LogP contribution in [0.1, 0.15) is 84.0 Å². The Hall–Kier alpha value is -5.61. The fraction of sp³-hybridized carbons (Fsp3) is 0.523. The molecule has 6 rings (SSSR count). The molecule has 3 N–H and O–H groups in total. The Kier molecular flexibility index (Phi) is 14.4. The highest BCUT2D eigenvalue weighted by atomic mass is 16.6. The number of aromatic amines is 2. The number of nitrogens with zero attached hydrogens (tertiary/aromatic N) is 4. The van der Waals surface area contributed by atoms with Gasteiger partial charge in [0.2, 0.25) is 5.91 Å². The smallest absolute Gasteiger partial charge is 0.410 e. The van der Waals surface area contributed by atoms with Gasteiger partial charge >= 0.3 is 12.2 Å². The number of nitrogens with one attached hydrogen (secondary N) is 3. The van der Waals surface area contributed by atoms with Crippen molar-refractivity contribution in [2.75, 3.05) is 60.8 Å². The zero-order valence-electron chi connectivity index (χ0n) is 36.0. The van der Waals surface area contributed by atoms with Crippen molar-refractivity contribution in [1.82, 2.24) is 35.1 Å². The van der Waals surface area contributed by atoms with E-state index in [2.05, 4.69) is 15.3 Å². The normalized spacial score (nSPS) is 17.2. The van der Waals surface area contributed by atoms with Crippen LogP contribution in [0.25, 0.3) is 33.6 Å². The van der Waals surface area contributed by atoms with Gasteiger partial charge in [-0.1, -0.05) is 26.0 Å². The van der Waals surface area contributed by atoms with Crippen LogP contribution in [0.15, 0.2) is 48.8 Å². The Morgan fingerprint density at radius 3 is 1.73 bits per heavy atom. The third-order valence-electron chi connectivity index (χ3n) is 10.6. The van der Waals surface area contributed by atoms with E-state index in [-0.39, 0.29) is 30.0 Å². The number of alkyl carbamates (subject to hydrolysis) is 1. The summed E-state index contributed by atoms with van der Waals surface area (Å²) in [6, 6.07) is 10.7. The number of aromatic nitrogens is 4. The molecule has 4 heterocycles. The molecule has 3 atom stereocenters. The Morgan fingerprint density at radius 2 is 1.27 bits per heavy atom. The molecule has 324 valence electrons. The fourth-order valence-electron chi connectivity index (χ4n) is 7.62. The van der Waals surface area contributed by atoms with Crippen molar-refractivity contribution in [2.24, 2.45) is 5.92 Å². The molecular formula is C44H59N7O9. The largest absolute Gasteiger partial charge is 0.491 e. The molecular weight excluding hydrogens is 771 g/mol. The molecule has 2 fully saturated rings. The van der Waals surface area contributed by atoms with E-state index >= 15 is 0 Å². The summed E-state index contributed by atoms with van der Waals surface area (Å²) in [6.07, 6.45) is 5.75. The van der Waals surface area contributed by atoms with Gasteiger partial charge in [-0.2, -0.15) is 0 Å². The van der Waals surface area contributed by atoms with E-state index in [1.54, 1.807) is 36.4 Å². The SMILES string of the molecule is COCCOc1cc(-c2cnc(C3CCCN3C(=O)OC(C)(C)C)[nH]2)ccc1-c1ccc(-c2cnc(C3CCCN3C(=O)C(NC(=O)OC)C(C)C)[nH]2)cc1OCCOC. The first-order chi connectivity index (χ1) is 28.8. The van der Waals surface area contributed by atoms with E-state index in [0.717, 1.165) is 59.3 Å². The van der Waals surface area contributed by atoms with E-state index in [1.807, 2.05) is 71.0 Å². The maximum atomic E-state index is 13.7. The van der Waals surface area contributed by atoms with Crippen LogP contribution in [0.2, 0.25) is 0 Å². The quantitative estimate of drug-likeness (QED) is 0.0964. The van der Waals surface area contributed by atoms with Crippen LogP contribution in [0.4, 0.5) is 9.59 Å². The Bertz CT molecular complexity index is 2090. The number of ether oxygens (including phenoxy) is 6. The minimum absolute atomic E-state index is 0.138. The molecule has 0 radical (unpaired) electrons. The van der Waals surface area contributed by atoms with Gasteiger partial charge in [0.05, 0.1) is 56.2 Å². The van der Waals surface area contributed by atoms with Crippen molar-refractivity contribution in [1.29, 1.82) is 0 Å². The first kappa shape index (κ1) is 44.0. The minimum Gasteiger partial charge on any atom is -0.491 e. The number of carbonyl (C=O) groups is 3. The Morgan fingerprint density at radius 1 is 0.767 bits per heavy atom. The number of likely N-dealkylation sites (tertiary alicyclic amines) is 2. The van der Waals surface area contributed by atoms with Crippen molar-refractivity contribution >= 4 is 18.1 Å². The lowest BCUT2D eigenvalue weighted by molar-refractivity contribution is -0.135. The van der Waals surface area contributed by atoms with Gasteiger partial charge in [0, 0.05) is 49.6 Å². The standard InChI is InChI=1S/C44H59N7O9/c1-27(2)38(49-42(53)57-8)41(52)50-17-9-11-34(50)39-45-25-32(47-39)28-13-15-30(36(23-28)58-21-19-55-6)31-16-14-29(24-37(31)59-22-20-56-7)33-26-46-40(48-33)35-12-10-18-51(35)43(54)60-44(3,4)5/h13-16,23-27,34-35,38H,9-12,17-22H2,1-8H3,(H,45,47)(H,46,48)(H,49,53). The van der Waals surface area contributed by atoms with Crippen molar-refractivity contribution in [3.8, 4) is 45.1 Å². The molecule has 0 aliphatic carbocycles. The average Bonchev–Trinajstić information content (AvgIpc) is 4.06. The lowest BCUT2D eigenvalue weighted by Crippen LogP contribution is -2.51. The van der Waals surface area contributed by atoms with Gasteiger partial charge in [-0.15, -0.1) is 0 Å². The maximum Gasteiger partial charge on any atom is 0.410 e. The average molecular weight is 830 g/mol. The predicted molar refractivity (Wildman–Crippen MR) is 225 cm³/mol. The van der Waals surface area contributed by atoms with Gasteiger partial charge < -0.3 is 48.6 Å². The maximum absolute atomic E-state index is 13.7. The number of amides is 3. The molecule has 16 heteroatoms. The number of methoxy groups -OCH3 is 3. The van der Waals surface area contributed by atoms with Crippen LogP contribution in [-0.2, 0) is 23.7 Å². The second kappa shape index (κ2) is 19.6. The minimum atomic E-state index is -0.727. The van der Waals surface area contributed by atoms with Gasteiger partial charge in [0.25, 0.3) is 0 Å². The third kappa shape index (κ3) is 10.4. The number of carbonyl (C=O) groups excluding carboxylic acids is 3. The number of rotatable bonds is 16. The van der Waals surface area contributed by atoms with Crippen LogP contribution in [0.5, 0.6) is 11.5 Å². The molecule has 2 aromatic heterocycles. The first-order valence-electron chi connectivity index (χ1n) is 20.6. The molecule has 2 aromatic carbocycles. The summed E-state index contributed by atoms with van der Waals surface area (Å²) in [4.78, 5) is 58.7. The zero-order chi connectivity index (χ0) is 43.0. The third-order valence-corrected chi connectivity index (χ3v) is 10.6. The molecule has 60 heavy (non-hydrogen) atoms. The van der Waals surface area contributed by atoms with E-state index in [9.17, 15) is 14.4 Å². The predicted octanol–water partition coefficient (Wildman–Crippen LogP) is 7.30. The second-order valence-electron chi connectivity index (χ2n) is 16.3. The second-order valence-corrected chi connectivity index (χ2v) is 16.3. The van der Waals surface area contributed by atoms with Crippen LogP contribution < -0.4 is 14.8 Å². The van der Waals surface area contributed by atoms with E-state index in [0.29, 0.717) is 62.7 Å².